The first-order chi connectivity index (χ1) is 8.69. The summed E-state index contributed by atoms with van der Waals surface area (Å²) >= 11 is 5.44. The van der Waals surface area contributed by atoms with E-state index in [0.29, 0.717) is 11.6 Å². The maximum absolute atomic E-state index is 11.2. The number of nitrogens with zero attached hydrogens (tertiary/aromatic N) is 2. The summed E-state index contributed by atoms with van der Waals surface area (Å²) in [4.78, 5) is 19.9. The average molecular weight is 262 g/mol. The zero-order chi connectivity index (χ0) is 13.0. The van der Waals surface area contributed by atoms with Crippen LogP contribution in [0.15, 0.2) is 36.4 Å². The number of aromatic nitrogens is 2. The number of hydrogen-bond donors (Lipinski definition) is 1. The van der Waals surface area contributed by atoms with Crippen molar-refractivity contribution < 1.29 is 4.79 Å². The van der Waals surface area contributed by atoms with Crippen molar-refractivity contribution in [3.63, 3.8) is 0 Å². The molecule has 5 heteroatoms. The molecule has 0 spiro atoms. The molecule has 0 radical (unpaired) electrons. The van der Waals surface area contributed by atoms with E-state index in [1.165, 1.54) is 0 Å². The van der Waals surface area contributed by atoms with E-state index in [4.69, 9.17) is 11.6 Å². The van der Waals surface area contributed by atoms with Gasteiger partial charge in [-0.25, -0.2) is 9.97 Å². The summed E-state index contributed by atoms with van der Waals surface area (Å²) < 4.78 is 0. The number of amides is 1. The highest BCUT2D eigenvalue weighted by Gasteiger charge is 2.06. The van der Waals surface area contributed by atoms with E-state index >= 15 is 0 Å². The van der Waals surface area contributed by atoms with Gasteiger partial charge in [0, 0.05) is 17.3 Å². The molecule has 0 saturated heterocycles. The third-order valence-electron chi connectivity index (χ3n) is 2.28. The van der Waals surface area contributed by atoms with E-state index in [2.05, 4.69) is 15.3 Å². The predicted molar refractivity (Wildman–Crippen MR) is 71.6 cm³/mol. The first kappa shape index (κ1) is 12.5. The molecule has 1 aromatic carbocycles. The maximum atomic E-state index is 11.2. The fourth-order valence-electron chi connectivity index (χ4n) is 1.53. The molecule has 2 rings (SSSR count). The van der Waals surface area contributed by atoms with E-state index in [0.717, 1.165) is 11.3 Å². The number of hydrogen-bond acceptors (Lipinski definition) is 3. The Morgan fingerprint density at radius 1 is 1.28 bits per heavy atom. The lowest BCUT2D eigenvalue weighted by Crippen LogP contribution is -2.14. The average Bonchev–Trinajstić information content (AvgIpc) is 2.39. The van der Waals surface area contributed by atoms with Gasteiger partial charge in [-0.05, 0) is 6.92 Å². The van der Waals surface area contributed by atoms with Crippen molar-refractivity contribution in [3.8, 4) is 11.4 Å². The third kappa shape index (κ3) is 3.05. The van der Waals surface area contributed by atoms with Crippen LogP contribution in [-0.2, 0) is 4.79 Å². The fourth-order valence-corrected chi connectivity index (χ4v) is 1.59. The van der Waals surface area contributed by atoms with E-state index in [-0.39, 0.29) is 11.8 Å². The van der Waals surface area contributed by atoms with Gasteiger partial charge >= 0.3 is 0 Å². The van der Waals surface area contributed by atoms with E-state index in [1.54, 1.807) is 6.07 Å². The van der Waals surface area contributed by atoms with E-state index < -0.39 is 0 Å². The molecule has 0 unspecified atom stereocenters. The number of halogens is 1. The van der Waals surface area contributed by atoms with Crippen LogP contribution >= 0.6 is 11.6 Å². The van der Waals surface area contributed by atoms with Crippen LogP contribution in [0.25, 0.3) is 11.4 Å². The summed E-state index contributed by atoms with van der Waals surface area (Å²) in [5.74, 6) is 0.672. The summed E-state index contributed by atoms with van der Waals surface area (Å²) in [6.07, 6.45) is 0. The first-order valence-corrected chi connectivity index (χ1v) is 5.99. The molecule has 1 amide bonds. The SMILES string of the molecule is Cc1cc(NC(=O)CCl)nc(-c2ccccc2)n1. The highest BCUT2D eigenvalue weighted by molar-refractivity contribution is 6.29. The van der Waals surface area contributed by atoms with E-state index in [9.17, 15) is 4.79 Å². The molecule has 0 saturated carbocycles. The zero-order valence-electron chi connectivity index (χ0n) is 9.85. The van der Waals surface area contributed by atoms with Crippen molar-refractivity contribution in [2.45, 2.75) is 6.92 Å². The summed E-state index contributed by atoms with van der Waals surface area (Å²) in [5.41, 5.74) is 1.69. The standard InChI is InChI=1S/C13H12ClN3O/c1-9-7-11(16-12(18)8-14)17-13(15-9)10-5-3-2-4-6-10/h2-7H,8H2,1H3,(H,15,16,17,18). The number of benzene rings is 1. The lowest BCUT2D eigenvalue weighted by molar-refractivity contribution is -0.113. The van der Waals surface area contributed by atoms with Gasteiger partial charge in [-0.2, -0.15) is 0 Å². The molecule has 0 aliphatic rings. The molecule has 2 aromatic rings. The topological polar surface area (TPSA) is 54.9 Å². The molecular weight excluding hydrogens is 250 g/mol. The summed E-state index contributed by atoms with van der Waals surface area (Å²) in [6, 6.07) is 11.3. The van der Waals surface area contributed by atoms with Crippen LogP contribution in [0, 0.1) is 6.92 Å². The number of aryl methyl sites for hydroxylation is 1. The van der Waals surface area contributed by atoms with Crippen molar-refractivity contribution in [1.82, 2.24) is 9.97 Å². The normalized spacial score (nSPS) is 10.1. The first-order valence-electron chi connectivity index (χ1n) is 5.46. The summed E-state index contributed by atoms with van der Waals surface area (Å²) in [5, 5.41) is 2.62. The van der Waals surface area contributed by atoms with Crippen molar-refractivity contribution in [2.75, 3.05) is 11.2 Å². The van der Waals surface area contributed by atoms with Crippen molar-refractivity contribution >= 4 is 23.3 Å². The van der Waals surface area contributed by atoms with Gasteiger partial charge in [0.05, 0.1) is 0 Å². The van der Waals surface area contributed by atoms with Crippen LogP contribution < -0.4 is 5.32 Å². The highest BCUT2D eigenvalue weighted by Crippen LogP contribution is 2.17. The van der Waals surface area contributed by atoms with Gasteiger partial charge in [0.15, 0.2) is 5.82 Å². The Morgan fingerprint density at radius 2 is 2.00 bits per heavy atom. The number of carbonyl (C=O) groups excluding carboxylic acids is 1. The van der Waals surface area contributed by atoms with Crippen LogP contribution in [0.4, 0.5) is 5.82 Å². The minimum Gasteiger partial charge on any atom is -0.310 e. The number of anilines is 1. The van der Waals surface area contributed by atoms with Crippen LogP contribution in [0.3, 0.4) is 0 Å². The van der Waals surface area contributed by atoms with Crippen LogP contribution in [0.1, 0.15) is 5.69 Å². The number of alkyl halides is 1. The number of nitrogens with one attached hydrogen (secondary N) is 1. The number of rotatable bonds is 3. The highest BCUT2D eigenvalue weighted by atomic mass is 35.5. The Labute approximate surface area is 110 Å². The quantitative estimate of drug-likeness (QED) is 0.864. The van der Waals surface area contributed by atoms with E-state index in [1.807, 2.05) is 37.3 Å². The Hall–Kier alpha value is -1.94. The van der Waals surface area contributed by atoms with Gasteiger partial charge in [0.1, 0.15) is 11.7 Å². The molecule has 0 aliphatic carbocycles. The molecule has 0 fully saturated rings. The fraction of sp³-hybridized carbons (Fsp3) is 0.154. The number of carbonyl (C=O) groups is 1. The molecule has 1 aromatic heterocycles. The second-order valence-corrected chi connectivity index (χ2v) is 4.03. The summed E-state index contributed by atoms with van der Waals surface area (Å²) in [7, 11) is 0. The van der Waals surface area contributed by atoms with Gasteiger partial charge in [0.25, 0.3) is 0 Å². The Bertz CT molecular complexity index is 557. The largest absolute Gasteiger partial charge is 0.310 e. The van der Waals surface area contributed by atoms with Gasteiger partial charge in [-0.3, -0.25) is 4.79 Å². The molecule has 18 heavy (non-hydrogen) atoms. The molecule has 92 valence electrons. The predicted octanol–water partition coefficient (Wildman–Crippen LogP) is 2.63. The monoisotopic (exact) mass is 261 g/mol. The van der Waals surface area contributed by atoms with Gasteiger partial charge in [-0.1, -0.05) is 30.3 Å². The minimum absolute atomic E-state index is 0.0935. The smallest absolute Gasteiger partial charge is 0.240 e. The Kier molecular flexibility index (Phi) is 3.89. The summed E-state index contributed by atoms with van der Waals surface area (Å²) in [6.45, 7) is 1.85. The Morgan fingerprint density at radius 3 is 2.67 bits per heavy atom. The lowest BCUT2D eigenvalue weighted by atomic mass is 10.2. The second-order valence-electron chi connectivity index (χ2n) is 3.77. The molecule has 1 N–H and O–H groups in total. The van der Waals surface area contributed by atoms with Crippen LogP contribution in [0.5, 0.6) is 0 Å². The van der Waals surface area contributed by atoms with Crippen molar-refractivity contribution in [3.05, 3.63) is 42.1 Å². The lowest BCUT2D eigenvalue weighted by Gasteiger charge is -2.06. The molecule has 0 bridgehead atoms. The van der Waals surface area contributed by atoms with Crippen molar-refractivity contribution in [1.29, 1.82) is 0 Å². The molecule has 1 heterocycles. The molecule has 0 aliphatic heterocycles. The third-order valence-corrected chi connectivity index (χ3v) is 2.52. The van der Waals surface area contributed by atoms with Gasteiger partial charge < -0.3 is 5.32 Å². The Balaban J connectivity index is 2.35. The molecule has 0 atom stereocenters. The second kappa shape index (κ2) is 5.60. The molecule has 4 nitrogen and oxygen atoms in total. The zero-order valence-corrected chi connectivity index (χ0v) is 10.6. The van der Waals surface area contributed by atoms with Crippen molar-refractivity contribution in [2.24, 2.45) is 0 Å². The maximum Gasteiger partial charge on any atom is 0.240 e. The van der Waals surface area contributed by atoms with Crippen LogP contribution in [0.2, 0.25) is 0 Å². The molecular formula is C13H12ClN3O. The van der Waals surface area contributed by atoms with Crippen LogP contribution in [-0.4, -0.2) is 21.8 Å². The minimum atomic E-state index is -0.284. The van der Waals surface area contributed by atoms with Gasteiger partial charge in [0.2, 0.25) is 5.91 Å². The van der Waals surface area contributed by atoms with Gasteiger partial charge in [-0.15, -0.1) is 11.6 Å².